The van der Waals surface area contributed by atoms with Crippen molar-refractivity contribution in [2.24, 2.45) is 5.10 Å². The molecule has 2 rings (SSSR count). The van der Waals surface area contributed by atoms with Gasteiger partial charge in [-0.1, -0.05) is 24.1 Å². The van der Waals surface area contributed by atoms with Crippen LogP contribution in [0.15, 0.2) is 53.6 Å². The van der Waals surface area contributed by atoms with Crippen molar-refractivity contribution < 1.29 is 9.85 Å². The second-order valence-electron chi connectivity index (χ2n) is 4.22. The predicted octanol–water partition coefficient (Wildman–Crippen LogP) is 2.95. The van der Waals surface area contributed by atoms with Crippen molar-refractivity contribution in [3.05, 3.63) is 74.3 Å². The molecule has 0 bridgehead atoms. The first-order valence-corrected chi connectivity index (χ1v) is 6.35. The number of non-ortho nitro benzene ring substituents is 1. The molecule has 0 spiro atoms. The van der Waals surface area contributed by atoms with Crippen molar-refractivity contribution in [3.63, 3.8) is 0 Å². The van der Waals surface area contributed by atoms with Gasteiger partial charge >= 0.3 is 5.69 Å². The minimum Gasteiger partial charge on any atom is -0.271 e. The average molecular weight is 310 g/mol. The third-order valence-corrected chi connectivity index (χ3v) is 2.69. The summed E-state index contributed by atoms with van der Waals surface area (Å²) in [6, 6.07) is 12.5. The molecule has 0 atom stereocenters. The Balaban J connectivity index is 2.11. The van der Waals surface area contributed by atoms with E-state index in [1.165, 1.54) is 12.3 Å². The summed E-state index contributed by atoms with van der Waals surface area (Å²) < 4.78 is 0. The second-order valence-corrected chi connectivity index (χ2v) is 4.22. The quantitative estimate of drug-likeness (QED) is 0.404. The molecule has 2 aromatic carbocycles. The summed E-state index contributed by atoms with van der Waals surface area (Å²) in [5.74, 6) is 5.50. The van der Waals surface area contributed by atoms with Crippen molar-refractivity contribution in [1.29, 1.82) is 0 Å². The van der Waals surface area contributed by atoms with E-state index in [-0.39, 0.29) is 11.4 Å². The van der Waals surface area contributed by atoms with Gasteiger partial charge < -0.3 is 0 Å². The molecule has 0 aliphatic heterocycles. The van der Waals surface area contributed by atoms with E-state index in [2.05, 4.69) is 22.4 Å². The van der Waals surface area contributed by atoms with Crippen LogP contribution in [0.3, 0.4) is 0 Å². The molecule has 0 heterocycles. The lowest BCUT2D eigenvalue weighted by Gasteiger charge is -2.00. The maximum absolute atomic E-state index is 10.9. The van der Waals surface area contributed by atoms with Gasteiger partial charge in [0.25, 0.3) is 5.69 Å². The topological polar surface area (TPSA) is 111 Å². The fourth-order valence-electron chi connectivity index (χ4n) is 1.65. The first-order chi connectivity index (χ1) is 11.1. The van der Waals surface area contributed by atoms with Crippen molar-refractivity contribution in [2.75, 3.05) is 5.43 Å². The average Bonchev–Trinajstić information content (AvgIpc) is 2.55. The Labute approximate surface area is 130 Å². The number of hydrogen-bond donors (Lipinski definition) is 1. The van der Waals surface area contributed by atoms with Gasteiger partial charge in [0.15, 0.2) is 0 Å². The lowest BCUT2D eigenvalue weighted by molar-refractivity contribution is -0.393. The van der Waals surface area contributed by atoms with E-state index < -0.39 is 15.5 Å². The number of anilines is 1. The number of nitro groups is 2. The molecule has 8 heteroatoms. The van der Waals surface area contributed by atoms with Crippen molar-refractivity contribution >= 4 is 23.3 Å². The van der Waals surface area contributed by atoms with Crippen LogP contribution in [0.25, 0.3) is 0 Å². The summed E-state index contributed by atoms with van der Waals surface area (Å²) >= 11 is 0. The molecule has 2 aromatic rings. The molecule has 23 heavy (non-hydrogen) atoms. The van der Waals surface area contributed by atoms with Gasteiger partial charge in [-0.05, 0) is 24.1 Å². The van der Waals surface area contributed by atoms with E-state index in [1.807, 2.05) is 30.3 Å². The van der Waals surface area contributed by atoms with Crippen LogP contribution in [0, 0.1) is 32.1 Å². The highest BCUT2D eigenvalue weighted by Gasteiger charge is 2.18. The van der Waals surface area contributed by atoms with Crippen LogP contribution in [0.1, 0.15) is 5.56 Å². The van der Waals surface area contributed by atoms with Gasteiger partial charge in [0.1, 0.15) is 5.69 Å². The monoisotopic (exact) mass is 310 g/mol. The maximum Gasteiger partial charge on any atom is 0.301 e. The predicted molar refractivity (Wildman–Crippen MR) is 85.2 cm³/mol. The third kappa shape index (κ3) is 4.37. The molecular formula is C15H10N4O4. The summed E-state index contributed by atoms with van der Waals surface area (Å²) in [4.78, 5) is 20.1. The molecule has 0 saturated carbocycles. The number of nitro benzene ring substituents is 2. The molecule has 1 N–H and O–H groups in total. The Kier molecular flexibility index (Phi) is 4.99. The van der Waals surface area contributed by atoms with Gasteiger partial charge in [0.2, 0.25) is 0 Å². The molecule has 8 nitrogen and oxygen atoms in total. The van der Waals surface area contributed by atoms with E-state index >= 15 is 0 Å². The van der Waals surface area contributed by atoms with Crippen LogP contribution in [0.2, 0.25) is 0 Å². The molecule has 0 aliphatic rings. The Morgan fingerprint density at radius 1 is 1.04 bits per heavy atom. The molecule has 114 valence electrons. The maximum atomic E-state index is 10.9. The molecule has 0 unspecified atom stereocenters. The van der Waals surface area contributed by atoms with Gasteiger partial charge in [-0.2, -0.15) is 5.10 Å². The van der Waals surface area contributed by atoms with Gasteiger partial charge in [-0.25, -0.2) is 0 Å². The third-order valence-electron chi connectivity index (χ3n) is 2.69. The van der Waals surface area contributed by atoms with E-state index in [4.69, 9.17) is 0 Å². The normalized spacial score (nSPS) is 9.91. The van der Waals surface area contributed by atoms with Crippen LogP contribution in [0.5, 0.6) is 0 Å². The molecular weight excluding hydrogens is 300 g/mol. The lowest BCUT2D eigenvalue weighted by atomic mass is 10.2. The highest BCUT2D eigenvalue weighted by Crippen LogP contribution is 2.28. The summed E-state index contributed by atoms with van der Waals surface area (Å²) in [7, 11) is 0. The largest absolute Gasteiger partial charge is 0.301 e. The van der Waals surface area contributed by atoms with E-state index in [0.29, 0.717) is 0 Å². The number of hydrogen-bond acceptors (Lipinski definition) is 6. The summed E-state index contributed by atoms with van der Waals surface area (Å²) in [5.41, 5.74) is 2.49. The van der Waals surface area contributed by atoms with Crippen molar-refractivity contribution in [3.8, 4) is 11.8 Å². The lowest BCUT2D eigenvalue weighted by Crippen LogP contribution is -1.98. The van der Waals surface area contributed by atoms with Crippen LogP contribution < -0.4 is 5.43 Å². The van der Waals surface area contributed by atoms with Crippen LogP contribution in [0.4, 0.5) is 17.1 Å². The fourth-order valence-corrected chi connectivity index (χ4v) is 1.65. The molecule has 0 aliphatic carbocycles. The van der Waals surface area contributed by atoms with Crippen LogP contribution in [-0.2, 0) is 0 Å². The minimum atomic E-state index is -0.722. The Bertz CT molecular complexity index is 822. The summed E-state index contributed by atoms with van der Waals surface area (Å²) in [5, 5.41) is 25.3. The van der Waals surface area contributed by atoms with Crippen molar-refractivity contribution in [1.82, 2.24) is 0 Å². The fraction of sp³-hybridized carbons (Fsp3) is 0. The summed E-state index contributed by atoms with van der Waals surface area (Å²) in [6.45, 7) is 0. The van der Waals surface area contributed by atoms with Crippen LogP contribution in [-0.4, -0.2) is 16.1 Å². The highest BCUT2D eigenvalue weighted by molar-refractivity contribution is 5.80. The van der Waals surface area contributed by atoms with E-state index in [9.17, 15) is 20.2 Å². The Morgan fingerprint density at radius 3 is 2.43 bits per heavy atom. The second kappa shape index (κ2) is 7.33. The first kappa shape index (κ1) is 15.7. The number of hydrazone groups is 1. The zero-order valence-electron chi connectivity index (χ0n) is 11.7. The van der Waals surface area contributed by atoms with E-state index in [1.54, 1.807) is 0 Å². The van der Waals surface area contributed by atoms with Gasteiger partial charge in [-0.3, -0.25) is 25.7 Å². The zero-order chi connectivity index (χ0) is 16.7. The molecule has 0 saturated heterocycles. The molecule has 0 amide bonds. The van der Waals surface area contributed by atoms with Crippen molar-refractivity contribution in [2.45, 2.75) is 0 Å². The number of nitrogens with one attached hydrogen (secondary N) is 1. The Morgan fingerprint density at radius 2 is 1.78 bits per heavy atom. The van der Waals surface area contributed by atoms with Gasteiger partial charge in [0.05, 0.1) is 22.1 Å². The molecule has 0 aromatic heterocycles. The highest BCUT2D eigenvalue weighted by atomic mass is 16.6. The van der Waals surface area contributed by atoms with E-state index in [0.717, 1.165) is 17.7 Å². The molecule has 0 fully saturated rings. The summed E-state index contributed by atoms with van der Waals surface area (Å²) in [6.07, 6.45) is 1.25. The van der Waals surface area contributed by atoms with Gasteiger partial charge in [0, 0.05) is 11.6 Å². The minimum absolute atomic E-state index is 0.0401. The van der Waals surface area contributed by atoms with Gasteiger partial charge in [-0.15, -0.1) is 0 Å². The smallest absolute Gasteiger partial charge is 0.271 e. The number of nitrogens with zero attached hydrogens (tertiary/aromatic N) is 3. The standard InChI is InChI=1S/C15H10N4O4/c20-18(21)13-8-9-14(15(11-13)19(22)23)17-16-10-4-7-12-5-2-1-3-6-12/h1-3,5-6,8-11,17H/b16-10+. The first-order valence-electron chi connectivity index (χ1n) is 6.35. The molecule has 0 radical (unpaired) electrons. The number of rotatable bonds is 4. The number of benzene rings is 2. The zero-order valence-corrected chi connectivity index (χ0v) is 11.7. The van der Waals surface area contributed by atoms with Crippen LogP contribution >= 0.6 is 0 Å². The SMILES string of the molecule is O=[N+]([O-])c1ccc(N/N=C/C#Cc2ccccc2)c([N+](=O)[O-])c1. The Hall–Kier alpha value is -3.73.